The van der Waals surface area contributed by atoms with Gasteiger partial charge in [-0.3, -0.25) is 0 Å². The Morgan fingerprint density at radius 2 is 2.00 bits per heavy atom. The molecule has 0 amide bonds. The Bertz CT molecular complexity index is 169. The van der Waals surface area contributed by atoms with Gasteiger partial charge in [-0.25, -0.2) is 0 Å². The van der Waals surface area contributed by atoms with E-state index in [1.165, 1.54) is 31.4 Å². The number of rotatable bonds is 6. The maximum absolute atomic E-state index is 10.3. The van der Waals surface area contributed by atoms with Gasteiger partial charge in [0, 0.05) is 12.6 Å². The Morgan fingerprint density at radius 3 is 2.60 bits per heavy atom. The molecule has 1 fully saturated rings. The Hall–Kier alpha value is 0.270. The fourth-order valence-electron chi connectivity index (χ4n) is 2.15. The molecule has 0 radical (unpaired) electrons. The average Bonchev–Trinajstić information content (AvgIpc) is 2.25. The lowest BCUT2D eigenvalue weighted by atomic mass is 9.85. The number of aliphatic hydroxyl groups is 1. The van der Waals surface area contributed by atoms with E-state index in [-0.39, 0.29) is 0 Å². The fraction of sp³-hybridized carbons (Fsp3) is 1.00. The average molecular weight is 231 g/mol. The first-order valence-corrected chi connectivity index (χ1v) is 7.50. The zero-order valence-corrected chi connectivity index (χ0v) is 10.9. The molecule has 1 aliphatic carbocycles. The van der Waals surface area contributed by atoms with Crippen molar-refractivity contribution in [1.29, 1.82) is 0 Å². The van der Waals surface area contributed by atoms with E-state index < -0.39 is 5.60 Å². The molecule has 2 N–H and O–H groups in total. The zero-order chi connectivity index (χ0) is 11.1. The van der Waals surface area contributed by atoms with Crippen LogP contribution in [0.1, 0.15) is 45.4 Å². The molecule has 2 nitrogen and oxygen atoms in total. The predicted octanol–water partition coefficient (Wildman–Crippen LogP) is 2.41. The maximum atomic E-state index is 10.3. The van der Waals surface area contributed by atoms with Crippen molar-refractivity contribution < 1.29 is 5.11 Å². The minimum Gasteiger partial charge on any atom is -0.389 e. The van der Waals surface area contributed by atoms with Gasteiger partial charge in [-0.1, -0.05) is 19.3 Å². The molecule has 1 atom stereocenters. The highest BCUT2D eigenvalue weighted by Crippen LogP contribution is 2.27. The molecule has 0 bridgehead atoms. The van der Waals surface area contributed by atoms with Crippen LogP contribution in [0.15, 0.2) is 0 Å². The Kier molecular flexibility index (Phi) is 6.02. The van der Waals surface area contributed by atoms with Crippen molar-refractivity contribution in [2.24, 2.45) is 0 Å². The van der Waals surface area contributed by atoms with Crippen molar-refractivity contribution in [3.63, 3.8) is 0 Å². The summed E-state index contributed by atoms with van der Waals surface area (Å²) < 4.78 is 0. The van der Waals surface area contributed by atoms with Gasteiger partial charge >= 0.3 is 0 Å². The van der Waals surface area contributed by atoms with Crippen LogP contribution in [0.4, 0.5) is 0 Å². The van der Waals surface area contributed by atoms with Crippen LogP contribution in [0, 0.1) is 0 Å². The molecule has 3 heteroatoms. The van der Waals surface area contributed by atoms with E-state index in [9.17, 15) is 5.11 Å². The molecule has 0 aromatic rings. The first kappa shape index (κ1) is 13.3. The summed E-state index contributed by atoms with van der Waals surface area (Å²) in [6.45, 7) is 2.99. The molecule has 0 heterocycles. The van der Waals surface area contributed by atoms with Crippen LogP contribution in [0.5, 0.6) is 0 Å². The minimum absolute atomic E-state index is 0.411. The van der Waals surface area contributed by atoms with E-state index in [2.05, 4.69) is 18.5 Å². The second-order valence-corrected chi connectivity index (χ2v) is 5.83. The van der Waals surface area contributed by atoms with Gasteiger partial charge in [0.1, 0.15) is 0 Å². The number of nitrogens with one attached hydrogen (secondary N) is 1. The lowest BCUT2D eigenvalue weighted by Crippen LogP contribution is -2.45. The van der Waals surface area contributed by atoms with E-state index in [1.54, 1.807) is 0 Å². The fourth-order valence-corrected chi connectivity index (χ4v) is 2.74. The maximum Gasteiger partial charge on any atom is 0.0771 e. The van der Waals surface area contributed by atoms with E-state index in [0.29, 0.717) is 6.04 Å². The summed E-state index contributed by atoms with van der Waals surface area (Å²) in [5.41, 5.74) is -0.411. The van der Waals surface area contributed by atoms with Gasteiger partial charge in [0.25, 0.3) is 0 Å². The molecule has 0 spiro atoms. The van der Waals surface area contributed by atoms with Crippen LogP contribution in [0.2, 0.25) is 0 Å². The number of hydrogen-bond acceptors (Lipinski definition) is 3. The molecule has 0 saturated heterocycles. The van der Waals surface area contributed by atoms with Crippen molar-refractivity contribution in [2.45, 2.75) is 57.1 Å². The Morgan fingerprint density at radius 1 is 1.33 bits per heavy atom. The van der Waals surface area contributed by atoms with Crippen LogP contribution in [-0.4, -0.2) is 35.3 Å². The molecule has 1 rings (SSSR count). The highest BCUT2D eigenvalue weighted by atomic mass is 32.2. The summed E-state index contributed by atoms with van der Waals surface area (Å²) in [6.07, 6.45) is 8.97. The standard InChI is InChI=1S/C12H25NOS/c1-11(6-9-15-2)13-10-12(14)7-4-3-5-8-12/h11,13-14H,3-10H2,1-2H3. The third-order valence-corrected chi connectivity index (χ3v) is 3.96. The summed E-state index contributed by atoms with van der Waals surface area (Å²) in [5.74, 6) is 1.20. The van der Waals surface area contributed by atoms with Crippen LogP contribution in [0.3, 0.4) is 0 Å². The molecule has 1 saturated carbocycles. The number of thioether (sulfide) groups is 1. The van der Waals surface area contributed by atoms with E-state index in [4.69, 9.17) is 0 Å². The van der Waals surface area contributed by atoms with Gasteiger partial charge in [0.05, 0.1) is 5.60 Å². The van der Waals surface area contributed by atoms with E-state index in [1.807, 2.05) is 11.8 Å². The third kappa shape index (κ3) is 5.23. The summed E-state index contributed by atoms with van der Waals surface area (Å²) in [6, 6.07) is 0.531. The van der Waals surface area contributed by atoms with Crippen LogP contribution < -0.4 is 5.32 Å². The molecule has 0 aliphatic heterocycles. The third-order valence-electron chi connectivity index (χ3n) is 3.32. The summed E-state index contributed by atoms with van der Waals surface area (Å²) in [4.78, 5) is 0. The smallest absolute Gasteiger partial charge is 0.0771 e. The molecule has 0 aromatic heterocycles. The SMILES string of the molecule is CSCCC(C)NCC1(O)CCCCC1. The van der Waals surface area contributed by atoms with Crippen LogP contribution >= 0.6 is 11.8 Å². The zero-order valence-electron chi connectivity index (χ0n) is 10.1. The van der Waals surface area contributed by atoms with Crippen molar-refractivity contribution in [3.05, 3.63) is 0 Å². The molecule has 1 unspecified atom stereocenters. The van der Waals surface area contributed by atoms with Gasteiger partial charge in [-0.2, -0.15) is 11.8 Å². The first-order chi connectivity index (χ1) is 7.16. The van der Waals surface area contributed by atoms with Gasteiger partial charge in [-0.15, -0.1) is 0 Å². The largest absolute Gasteiger partial charge is 0.389 e. The summed E-state index contributed by atoms with van der Waals surface area (Å²) in [7, 11) is 0. The molecule has 0 aromatic carbocycles. The van der Waals surface area contributed by atoms with Crippen molar-refractivity contribution in [3.8, 4) is 0 Å². The van der Waals surface area contributed by atoms with E-state index in [0.717, 1.165) is 19.4 Å². The summed E-state index contributed by atoms with van der Waals surface area (Å²) in [5, 5.41) is 13.7. The van der Waals surface area contributed by atoms with Crippen molar-refractivity contribution in [1.82, 2.24) is 5.32 Å². The van der Waals surface area contributed by atoms with Crippen LogP contribution in [0.25, 0.3) is 0 Å². The highest BCUT2D eigenvalue weighted by molar-refractivity contribution is 7.98. The molecule has 15 heavy (non-hydrogen) atoms. The quantitative estimate of drug-likeness (QED) is 0.736. The molecule has 90 valence electrons. The minimum atomic E-state index is -0.411. The van der Waals surface area contributed by atoms with Crippen molar-refractivity contribution in [2.75, 3.05) is 18.6 Å². The lowest BCUT2D eigenvalue weighted by molar-refractivity contribution is 0.00300. The Balaban J connectivity index is 2.16. The normalized spacial score (nSPS) is 22.6. The van der Waals surface area contributed by atoms with Gasteiger partial charge < -0.3 is 10.4 Å². The topological polar surface area (TPSA) is 32.3 Å². The summed E-state index contributed by atoms with van der Waals surface area (Å²) >= 11 is 1.89. The van der Waals surface area contributed by atoms with E-state index >= 15 is 0 Å². The second-order valence-electron chi connectivity index (χ2n) is 4.85. The van der Waals surface area contributed by atoms with Crippen molar-refractivity contribution >= 4 is 11.8 Å². The number of hydrogen-bond donors (Lipinski definition) is 2. The Labute approximate surface area is 98.2 Å². The highest BCUT2D eigenvalue weighted by Gasteiger charge is 2.28. The van der Waals surface area contributed by atoms with Gasteiger partial charge in [0.15, 0.2) is 0 Å². The molecular formula is C12H25NOS. The monoisotopic (exact) mass is 231 g/mol. The second kappa shape index (κ2) is 6.77. The van der Waals surface area contributed by atoms with Crippen LogP contribution in [-0.2, 0) is 0 Å². The predicted molar refractivity (Wildman–Crippen MR) is 68.5 cm³/mol. The lowest BCUT2D eigenvalue weighted by Gasteiger charge is -2.33. The van der Waals surface area contributed by atoms with Gasteiger partial charge in [0.2, 0.25) is 0 Å². The van der Waals surface area contributed by atoms with Gasteiger partial charge in [-0.05, 0) is 38.2 Å². The molecule has 1 aliphatic rings. The molecular weight excluding hydrogens is 206 g/mol. The first-order valence-electron chi connectivity index (χ1n) is 6.11.